The van der Waals surface area contributed by atoms with E-state index in [0.717, 1.165) is 61.3 Å². The van der Waals surface area contributed by atoms with Gasteiger partial charge >= 0.3 is 0 Å². The summed E-state index contributed by atoms with van der Waals surface area (Å²) < 4.78 is 6.51. The standard InChI is InChI=1S/C62H41NO/c1-3-16-42(17-4-1)44-32-36-49(37-33-44)63(50-38-34-45(35-39-50)52-27-14-29-57-55-26-11-12-31-60(55)64-62(52)57)59-30-15-28-56(61(59)48-22-13-21-46(40-48)43-18-5-2-6-19-43)58-41-47-20-7-8-23-51(47)53-24-9-10-25-54(53)58/h1-41H. The third-order valence-corrected chi connectivity index (χ3v) is 12.7. The summed E-state index contributed by atoms with van der Waals surface area (Å²) in [6, 6.07) is 89.8. The summed E-state index contributed by atoms with van der Waals surface area (Å²) in [5.74, 6) is 0. The Morgan fingerprint density at radius 2 is 0.797 bits per heavy atom. The molecule has 300 valence electrons. The maximum atomic E-state index is 6.51. The molecule has 0 spiro atoms. The highest BCUT2D eigenvalue weighted by Crippen LogP contribution is 2.49. The molecule has 2 nitrogen and oxygen atoms in total. The molecule has 0 bridgehead atoms. The lowest BCUT2D eigenvalue weighted by Crippen LogP contribution is -2.12. The molecule has 0 saturated heterocycles. The fourth-order valence-electron chi connectivity index (χ4n) is 9.64. The zero-order valence-electron chi connectivity index (χ0n) is 35.0. The van der Waals surface area contributed by atoms with E-state index in [-0.39, 0.29) is 0 Å². The zero-order valence-corrected chi connectivity index (χ0v) is 35.0. The van der Waals surface area contributed by atoms with Crippen LogP contribution in [0.4, 0.5) is 17.1 Å². The van der Waals surface area contributed by atoms with Crippen LogP contribution in [-0.2, 0) is 0 Å². The summed E-state index contributed by atoms with van der Waals surface area (Å²) in [4.78, 5) is 2.43. The molecule has 0 radical (unpaired) electrons. The van der Waals surface area contributed by atoms with Gasteiger partial charge in [0.1, 0.15) is 11.2 Å². The van der Waals surface area contributed by atoms with Gasteiger partial charge in [0, 0.05) is 33.3 Å². The molecular weight excluding hydrogens is 775 g/mol. The number of rotatable bonds is 8. The number of benzene rings is 11. The lowest BCUT2D eigenvalue weighted by atomic mass is 9.87. The molecular formula is C62H41NO. The highest BCUT2D eigenvalue weighted by Gasteiger charge is 2.23. The molecule has 0 aliphatic carbocycles. The van der Waals surface area contributed by atoms with Crippen molar-refractivity contribution in [3.05, 3.63) is 249 Å². The predicted molar refractivity (Wildman–Crippen MR) is 271 cm³/mol. The Morgan fingerprint density at radius 1 is 0.281 bits per heavy atom. The van der Waals surface area contributed by atoms with E-state index in [1.807, 2.05) is 12.1 Å². The van der Waals surface area contributed by atoms with Crippen molar-refractivity contribution in [1.29, 1.82) is 0 Å². The van der Waals surface area contributed by atoms with Crippen molar-refractivity contribution in [2.45, 2.75) is 0 Å². The van der Waals surface area contributed by atoms with E-state index < -0.39 is 0 Å². The van der Waals surface area contributed by atoms with Crippen LogP contribution in [0.25, 0.3) is 99.1 Å². The minimum Gasteiger partial charge on any atom is -0.455 e. The van der Waals surface area contributed by atoms with E-state index in [1.165, 1.54) is 54.9 Å². The largest absolute Gasteiger partial charge is 0.455 e. The van der Waals surface area contributed by atoms with Crippen molar-refractivity contribution in [3.63, 3.8) is 0 Å². The van der Waals surface area contributed by atoms with E-state index in [1.54, 1.807) is 0 Å². The van der Waals surface area contributed by atoms with Gasteiger partial charge in [-0.15, -0.1) is 0 Å². The van der Waals surface area contributed by atoms with Crippen molar-refractivity contribution in [2.24, 2.45) is 0 Å². The number of fused-ring (bicyclic) bond motifs is 6. The number of hydrogen-bond donors (Lipinski definition) is 0. The molecule has 0 amide bonds. The van der Waals surface area contributed by atoms with E-state index in [9.17, 15) is 0 Å². The molecule has 1 heterocycles. The van der Waals surface area contributed by atoms with Crippen molar-refractivity contribution >= 4 is 60.5 Å². The van der Waals surface area contributed by atoms with Crippen LogP contribution in [0.2, 0.25) is 0 Å². The third-order valence-electron chi connectivity index (χ3n) is 12.7. The van der Waals surface area contributed by atoms with Gasteiger partial charge in [-0.3, -0.25) is 0 Å². The Balaban J connectivity index is 1.10. The van der Waals surface area contributed by atoms with E-state index >= 15 is 0 Å². The Hall–Kier alpha value is -8.46. The van der Waals surface area contributed by atoms with Gasteiger partial charge in [0.05, 0.1) is 5.69 Å². The molecule has 1 aromatic heterocycles. The van der Waals surface area contributed by atoms with Crippen LogP contribution >= 0.6 is 0 Å². The Morgan fingerprint density at radius 3 is 1.55 bits per heavy atom. The van der Waals surface area contributed by atoms with E-state index in [2.05, 4.69) is 241 Å². The van der Waals surface area contributed by atoms with Gasteiger partial charge in [-0.05, 0) is 115 Å². The van der Waals surface area contributed by atoms with E-state index in [4.69, 9.17) is 4.42 Å². The number of hydrogen-bond acceptors (Lipinski definition) is 2. The molecule has 0 unspecified atom stereocenters. The smallest absolute Gasteiger partial charge is 0.143 e. The number of furan rings is 1. The van der Waals surface area contributed by atoms with Crippen LogP contribution in [0.3, 0.4) is 0 Å². The maximum Gasteiger partial charge on any atom is 0.143 e. The molecule has 0 aliphatic heterocycles. The minimum atomic E-state index is 0.898. The van der Waals surface area contributed by atoms with Gasteiger partial charge in [0.15, 0.2) is 0 Å². The summed E-state index contributed by atoms with van der Waals surface area (Å²) >= 11 is 0. The molecule has 0 atom stereocenters. The van der Waals surface area contributed by atoms with Crippen LogP contribution in [0.1, 0.15) is 0 Å². The first-order valence-electron chi connectivity index (χ1n) is 21.9. The summed E-state index contributed by atoms with van der Waals surface area (Å²) in [6.07, 6.45) is 0. The van der Waals surface area contributed by atoms with Gasteiger partial charge in [0.25, 0.3) is 0 Å². The maximum absolute atomic E-state index is 6.51. The second-order valence-corrected chi connectivity index (χ2v) is 16.4. The van der Waals surface area contributed by atoms with Gasteiger partial charge in [-0.1, -0.05) is 200 Å². The van der Waals surface area contributed by atoms with Gasteiger partial charge in [0.2, 0.25) is 0 Å². The molecule has 11 aromatic carbocycles. The zero-order chi connectivity index (χ0) is 42.4. The first-order chi connectivity index (χ1) is 31.7. The minimum absolute atomic E-state index is 0.898. The highest BCUT2D eigenvalue weighted by atomic mass is 16.3. The average Bonchev–Trinajstić information content (AvgIpc) is 3.76. The van der Waals surface area contributed by atoms with Gasteiger partial charge in [-0.2, -0.15) is 0 Å². The fourth-order valence-corrected chi connectivity index (χ4v) is 9.64. The van der Waals surface area contributed by atoms with Crippen LogP contribution in [0.15, 0.2) is 253 Å². The Labute approximate surface area is 372 Å². The van der Waals surface area contributed by atoms with Crippen molar-refractivity contribution < 1.29 is 4.42 Å². The molecule has 2 heteroatoms. The summed E-state index contributed by atoms with van der Waals surface area (Å²) in [5.41, 5.74) is 16.5. The van der Waals surface area contributed by atoms with Crippen molar-refractivity contribution in [1.82, 2.24) is 0 Å². The lowest BCUT2D eigenvalue weighted by Gasteiger charge is -2.30. The molecule has 64 heavy (non-hydrogen) atoms. The Kier molecular flexibility index (Phi) is 9.20. The number of para-hydroxylation sites is 2. The predicted octanol–water partition coefficient (Wildman–Crippen LogP) is 17.7. The first kappa shape index (κ1) is 37.3. The monoisotopic (exact) mass is 815 g/mol. The quantitative estimate of drug-likeness (QED) is 0.142. The fraction of sp³-hybridized carbons (Fsp3) is 0. The summed E-state index contributed by atoms with van der Waals surface area (Å²) in [7, 11) is 0. The molecule has 0 aliphatic rings. The van der Waals surface area contributed by atoms with Crippen molar-refractivity contribution in [2.75, 3.05) is 4.90 Å². The molecule has 0 fully saturated rings. The summed E-state index contributed by atoms with van der Waals surface area (Å²) in [5, 5.41) is 7.19. The van der Waals surface area contributed by atoms with Crippen LogP contribution in [-0.4, -0.2) is 0 Å². The molecule has 12 rings (SSSR count). The topological polar surface area (TPSA) is 16.4 Å². The molecule has 12 aromatic rings. The highest BCUT2D eigenvalue weighted by molar-refractivity contribution is 6.16. The first-order valence-corrected chi connectivity index (χ1v) is 21.9. The van der Waals surface area contributed by atoms with Crippen LogP contribution < -0.4 is 4.90 Å². The number of nitrogens with zero attached hydrogens (tertiary/aromatic N) is 1. The van der Waals surface area contributed by atoms with Gasteiger partial charge < -0.3 is 9.32 Å². The average molecular weight is 816 g/mol. The Bertz CT molecular complexity index is 3640. The lowest BCUT2D eigenvalue weighted by molar-refractivity contribution is 0.670. The second kappa shape index (κ2) is 15.8. The van der Waals surface area contributed by atoms with Crippen LogP contribution in [0, 0.1) is 0 Å². The van der Waals surface area contributed by atoms with Crippen molar-refractivity contribution in [3.8, 4) is 55.6 Å². The van der Waals surface area contributed by atoms with Crippen LogP contribution in [0.5, 0.6) is 0 Å². The summed E-state index contributed by atoms with van der Waals surface area (Å²) in [6.45, 7) is 0. The van der Waals surface area contributed by atoms with E-state index in [0.29, 0.717) is 0 Å². The third kappa shape index (κ3) is 6.52. The molecule has 0 N–H and O–H groups in total. The molecule has 0 saturated carbocycles. The number of anilines is 3. The second-order valence-electron chi connectivity index (χ2n) is 16.4. The van der Waals surface area contributed by atoms with Gasteiger partial charge in [-0.25, -0.2) is 0 Å². The normalized spacial score (nSPS) is 11.4. The SMILES string of the molecule is c1ccc(-c2ccc(N(c3ccc(-c4cccc5c4oc4ccccc45)cc3)c3cccc(-c4cc5ccccc5c5ccccc45)c3-c3cccc(-c4ccccc4)c3)cc2)cc1.